The minimum atomic E-state index is 0. The number of rotatable bonds is 1. The molecule has 0 aliphatic rings. The first kappa shape index (κ1) is 10.5. The maximum atomic E-state index is 10.8. The Labute approximate surface area is 76.2 Å². The van der Waals surface area contributed by atoms with Crippen LogP contribution in [-0.2, 0) is 4.79 Å². The molecule has 1 aromatic heterocycles. The van der Waals surface area contributed by atoms with Crippen LogP contribution in [0, 0.1) is 0 Å². The van der Waals surface area contributed by atoms with Crippen LogP contribution in [0.2, 0.25) is 0 Å². The maximum absolute atomic E-state index is 10.8. The van der Waals surface area contributed by atoms with Crippen LogP contribution >= 0.6 is 23.7 Å². The number of halogens is 1. The molecule has 11 heavy (non-hydrogen) atoms. The summed E-state index contributed by atoms with van der Waals surface area (Å²) in [6, 6.07) is 1.92. The first-order valence-electron chi connectivity index (χ1n) is 2.98. The summed E-state index contributed by atoms with van der Waals surface area (Å²) < 4.78 is 0. The van der Waals surface area contributed by atoms with E-state index in [1.54, 1.807) is 30.2 Å². The third kappa shape index (κ3) is 2.52. The average Bonchev–Trinajstić information content (AvgIpc) is 2.36. The van der Waals surface area contributed by atoms with Crippen molar-refractivity contribution in [2.75, 3.05) is 11.9 Å². The van der Waals surface area contributed by atoms with Crippen molar-refractivity contribution in [2.45, 2.75) is 6.92 Å². The Hall–Kier alpha value is -0.540. The van der Waals surface area contributed by atoms with Crippen molar-refractivity contribution in [3.63, 3.8) is 0 Å². The van der Waals surface area contributed by atoms with E-state index in [-0.39, 0.29) is 18.3 Å². The van der Waals surface area contributed by atoms with Gasteiger partial charge in [-0.25, -0.2) is 0 Å². The number of hydrogen-bond donors (Lipinski definition) is 0. The molecule has 0 saturated heterocycles. The second kappa shape index (κ2) is 4.36. The SMILES string of the molecule is CC(=O)N(C)c1ccsc1.Cl. The molecular weight excluding hydrogens is 182 g/mol. The van der Waals surface area contributed by atoms with Crippen LogP contribution in [0.1, 0.15) is 6.92 Å². The third-order valence-electron chi connectivity index (χ3n) is 1.37. The van der Waals surface area contributed by atoms with Crippen LogP contribution in [0.25, 0.3) is 0 Å². The van der Waals surface area contributed by atoms with Crippen LogP contribution in [0.4, 0.5) is 5.69 Å². The van der Waals surface area contributed by atoms with E-state index in [4.69, 9.17) is 0 Å². The topological polar surface area (TPSA) is 20.3 Å². The first-order valence-corrected chi connectivity index (χ1v) is 3.92. The number of anilines is 1. The van der Waals surface area contributed by atoms with Gasteiger partial charge in [0.25, 0.3) is 0 Å². The van der Waals surface area contributed by atoms with Crippen LogP contribution in [-0.4, -0.2) is 13.0 Å². The van der Waals surface area contributed by atoms with E-state index in [0.29, 0.717) is 0 Å². The van der Waals surface area contributed by atoms with Gasteiger partial charge in [0, 0.05) is 19.4 Å². The van der Waals surface area contributed by atoms with Crippen LogP contribution < -0.4 is 4.90 Å². The number of carbonyl (C=O) groups is 1. The maximum Gasteiger partial charge on any atom is 0.223 e. The van der Waals surface area contributed by atoms with Crippen molar-refractivity contribution in [3.8, 4) is 0 Å². The minimum absolute atomic E-state index is 0. The molecule has 0 aromatic carbocycles. The van der Waals surface area contributed by atoms with Crippen LogP contribution in [0.3, 0.4) is 0 Å². The number of amides is 1. The fourth-order valence-electron chi connectivity index (χ4n) is 0.630. The molecule has 0 bridgehead atoms. The van der Waals surface area contributed by atoms with Gasteiger partial charge in [-0.3, -0.25) is 4.79 Å². The number of nitrogens with zero attached hydrogens (tertiary/aromatic N) is 1. The lowest BCUT2D eigenvalue weighted by Gasteiger charge is -2.11. The molecule has 2 nitrogen and oxygen atoms in total. The number of hydrogen-bond acceptors (Lipinski definition) is 2. The molecule has 1 rings (SSSR count). The summed E-state index contributed by atoms with van der Waals surface area (Å²) in [6.07, 6.45) is 0. The van der Waals surface area contributed by atoms with Gasteiger partial charge in [0.05, 0.1) is 5.69 Å². The van der Waals surface area contributed by atoms with E-state index in [1.807, 2.05) is 16.8 Å². The largest absolute Gasteiger partial charge is 0.315 e. The normalized spacial score (nSPS) is 8.55. The fourth-order valence-corrected chi connectivity index (χ4v) is 1.30. The molecule has 1 heterocycles. The van der Waals surface area contributed by atoms with Crippen molar-refractivity contribution < 1.29 is 4.79 Å². The van der Waals surface area contributed by atoms with Gasteiger partial charge in [-0.05, 0) is 11.4 Å². The van der Waals surface area contributed by atoms with E-state index in [2.05, 4.69) is 0 Å². The lowest BCUT2D eigenvalue weighted by atomic mass is 10.4. The molecule has 62 valence electrons. The highest BCUT2D eigenvalue weighted by atomic mass is 35.5. The number of carbonyl (C=O) groups excluding carboxylic acids is 1. The van der Waals surface area contributed by atoms with Gasteiger partial charge in [0.2, 0.25) is 5.91 Å². The predicted octanol–water partition coefficient (Wildman–Crippen LogP) is 2.15. The standard InChI is InChI=1S/C7H9NOS.ClH/c1-6(9)8(2)7-3-4-10-5-7;/h3-5H,1-2H3;1H. The van der Waals surface area contributed by atoms with Crippen molar-refractivity contribution in [3.05, 3.63) is 16.8 Å². The highest BCUT2D eigenvalue weighted by Crippen LogP contribution is 2.15. The third-order valence-corrected chi connectivity index (χ3v) is 2.04. The van der Waals surface area contributed by atoms with E-state index >= 15 is 0 Å². The lowest BCUT2D eigenvalue weighted by molar-refractivity contribution is -0.116. The van der Waals surface area contributed by atoms with Gasteiger partial charge in [-0.2, -0.15) is 11.3 Å². The van der Waals surface area contributed by atoms with Gasteiger partial charge in [-0.1, -0.05) is 0 Å². The smallest absolute Gasteiger partial charge is 0.223 e. The van der Waals surface area contributed by atoms with E-state index < -0.39 is 0 Å². The van der Waals surface area contributed by atoms with Gasteiger partial charge < -0.3 is 4.90 Å². The molecule has 0 unspecified atom stereocenters. The summed E-state index contributed by atoms with van der Waals surface area (Å²) in [5.74, 6) is 0.0680. The zero-order valence-corrected chi connectivity index (χ0v) is 8.04. The Morgan fingerprint density at radius 2 is 2.27 bits per heavy atom. The molecular formula is C7H10ClNOS. The summed E-state index contributed by atoms with van der Waals surface area (Å²) in [5, 5.41) is 3.90. The molecule has 1 aromatic rings. The molecule has 0 spiro atoms. The molecule has 0 N–H and O–H groups in total. The van der Waals surface area contributed by atoms with Crippen LogP contribution in [0.5, 0.6) is 0 Å². The lowest BCUT2D eigenvalue weighted by Crippen LogP contribution is -2.21. The fraction of sp³-hybridized carbons (Fsp3) is 0.286. The Balaban J connectivity index is 0.000001000. The molecule has 0 aliphatic heterocycles. The molecule has 0 atom stereocenters. The Kier molecular flexibility index (Phi) is 4.15. The molecule has 0 saturated carbocycles. The van der Waals surface area contributed by atoms with Gasteiger partial charge in [0.15, 0.2) is 0 Å². The van der Waals surface area contributed by atoms with Crippen molar-refractivity contribution in [1.29, 1.82) is 0 Å². The second-order valence-corrected chi connectivity index (χ2v) is 2.84. The Bertz CT molecular complexity index is 222. The van der Waals surface area contributed by atoms with Gasteiger partial charge in [-0.15, -0.1) is 12.4 Å². The van der Waals surface area contributed by atoms with Gasteiger partial charge >= 0.3 is 0 Å². The molecule has 4 heteroatoms. The minimum Gasteiger partial charge on any atom is -0.315 e. The molecule has 0 radical (unpaired) electrons. The van der Waals surface area contributed by atoms with Gasteiger partial charge in [0.1, 0.15) is 0 Å². The zero-order chi connectivity index (χ0) is 7.56. The second-order valence-electron chi connectivity index (χ2n) is 2.06. The summed E-state index contributed by atoms with van der Waals surface area (Å²) in [6.45, 7) is 1.55. The average molecular weight is 192 g/mol. The van der Waals surface area contributed by atoms with E-state index in [9.17, 15) is 4.79 Å². The monoisotopic (exact) mass is 191 g/mol. The highest BCUT2D eigenvalue weighted by molar-refractivity contribution is 7.08. The first-order chi connectivity index (χ1) is 4.72. The molecule has 0 fully saturated rings. The summed E-state index contributed by atoms with van der Waals surface area (Å²) in [5.41, 5.74) is 0.970. The quantitative estimate of drug-likeness (QED) is 0.666. The Morgan fingerprint density at radius 1 is 1.64 bits per heavy atom. The Morgan fingerprint density at radius 3 is 2.64 bits per heavy atom. The van der Waals surface area contributed by atoms with E-state index in [0.717, 1.165) is 5.69 Å². The van der Waals surface area contributed by atoms with Crippen LogP contribution in [0.15, 0.2) is 16.8 Å². The van der Waals surface area contributed by atoms with Crippen molar-refractivity contribution in [1.82, 2.24) is 0 Å². The summed E-state index contributed by atoms with van der Waals surface area (Å²) in [7, 11) is 1.77. The van der Waals surface area contributed by atoms with E-state index in [1.165, 1.54) is 0 Å². The highest BCUT2D eigenvalue weighted by Gasteiger charge is 2.03. The summed E-state index contributed by atoms with van der Waals surface area (Å²) >= 11 is 1.59. The molecule has 0 aliphatic carbocycles. The zero-order valence-electron chi connectivity index (χ0n) is 6.40. The summed E-state index contributed by atoms with van der Waals surface area (Å²) in [4.78, 5) is 12.4. The predicted molar refractivity (Wildman–Crippen MR) is 50.7 cm³/mol. The van der Waals surface area contributed by atoms with Crippen molar-refractivity contribution >= 4 is 35.3 Å². The number of thiophene rings is 1. The molecule has 1 amide bonds. The van der Waals surface area contributed by atoms with Crippen molar-refractivity contribution in [2.24, 2.45) is 0 Å².